The highest BCUT2D eigenvalue weighted by Gasteiger charge is 2.25. The lowest BCUT2D eigenvalue weighted by molar-refractivity contribution is 0.0949. The molecule has 1 saturated carbocycles. The zero-order chi connectivity index (χ0) is 13.1. The molecule has 0 spiro atoms. The lowest BCUT2D eigenvalue weighted by Crippen LogP contribution is -2.23. The van der Waals surface area contributed by atoms with Gasteiger partial charge in [0, 0.05) is 12.0 Å². The second-order valence-corrected chi connectivity index (χ2v) is 5.56. The largest absolute Gasteiger partial charge is 0.360 e. The molecule has 2 aromatic heterocycles. The van der Waals surface area contributed by atoms with Gasteiger partial charge in [-0.15, -0.1) is 11.3 Å². The highest BCUT2D eigenvalue weighted by molar-refractivity contribution is 7.11. The summed E-state index contributed by atoms with van der Waals surface area (Å²) >= 11 is 1.41. The first-order valence-electron chi connectivity index (χ1n) is 6.45. The number of nitrogens with one attached hydrogen (secondary N) is 1. The van der Waals surface area contributed by atoms with Gasteiger partial charge in [0.2, 0.25) is 0 Å². The minimum absolute atomic E-state index is 0.0687. The third-order valence-electron chi connectivity index (χ3n) is 3.46. The molecule has 3 rings (SSSR count). The Labute approximate surface area is 115 Å². The summed E-state index contributed by atoms with van der Waals surface area (Å²) in [5.41, 5.74) is 2.73. The molecule has 1 aliphatic rings. The lowest BCUT2D eigenvalue weighted by Gasteiger charge is -2.08. The first kappa shape index (κ1) is 12.3. The van der Waals surface area contributed by atoms with Gasteiger partial charge in [-0.1, -0.05) is 18.0 Å². The molecule has 6 heteroatoms. The van der Waals surface area contributed by atoms with Crippen LogP contribution in [0.25, 0.3) is 0 Å². The molecular weight excluding hydrogens is 262 g/mol. The summed E-state index contributed by atoms with van der Waals surface area (Å²) in [6.45, 7) is 0.362. The fourth-order valence-corrected chi connectivity index (χ4v) is 3.29. The predicted octanol–water partition coefficient (Wildman–Crippen LogP) is 2.72. The second-order valence-electron chi connectivity index (χ2n) is 4.71. The maximum atomic E-state index is 12.2. The molecule has 1 N–H and O–H groups in total. The van der Waals surface area contributed by atoms with Gasteiger partial charge in [-0.05, 0) is 12.8 Å². The van der Waals surface area contributed by atoms with E-state index in [1.165, 1.54) is 24.2 Å². The highest BCUT2D eigenvalue weighted by atomic mass is 32.1. The number of thiazole rings is 1. The van der Waals surface area contributed by atoms with Crippen LogP contribution in [0.1, 0.15) is 52.7 Å². The van der Waals surface area contributed by atoms with Crippen LogP contribution in [-0.2, 0) is 6.54 Å². The predicted molar refractivity (Wildman–Crippen MR) is 71.0 cm³/mol. The molecular formula is C13H15N3O2S. The van der Waals surface area contributed by atoms with Gasteiger partial charge in [-0.25, -0.2) is 4.98 Å². The van der Waals surface area contributed by atoms with Crippen molar-refractivity contribution >= 4 is 17.2 Å². The molecule has 2 heterocycles. The average Bonchev–Trinajstić information content (AvgIpc) is 3.14. The van der Waals surface area contributed by atoms with Gasteiger partial charge < -0.3 is 9.84 Å². The molecule has 1 fully saturated rings. The van der Waals surface area contributed by atoms with E-state index in [9.17, 15) is 4.79 Å². The lowest BCUT2D eigenvalue weighted by atomic mass is 10.0. The van der Waals surface area contributed by atoms with Crippen molar-refractivity contribution < 1.29 is 9.32 Å². The van der Waals surface area contributed by atoms with Gasteiger partial charge in [-0.3, -0.25) is 4.79 Å². The first-order valence-corrected chi connectivity index (χ1v) is 7.33. The number of rotatable bonds is 4. The summed E-state index contributed by atoms with van der Waals surface area (Å²) in [4.78, 5) is 17.3. The molecule has 0 aromatic carbocycles. The molecule has 0 aliphatic heterocycles. The quantitative estimate of drug-likeness (QED) is 0.933. The van der Waals surface area contributed by atoms with Crippen LogP contribution in [0.15, 0.2) is 22.3 Å². The van der Waals surface area contributed by atoms with Crippen LogP contribution >= 0.6 is 11.3 Å². The molecule has 100 valence electrons. The zero-order valence-electron chi connectivity index (χ0n) is 10.5. The van der Waals surface area contributed by atoms with E-state index in [1.807, 2.05) is 0 Å². The van der Waals surface area contributed by atoms with E-state index in [4.69, 9.17) is 4.52 Å². The Morgan fingerprint density at radius 1 is 1.47 bits per heavy atom. The minimum Gasteiger partial charge on any atom is -0.360 e. The van der Waals surface area contributed by atoms with E-state index in [0.717, 1.165) is 23.4 Å². The molecule has 2 aromatic rings. The molecule has 1 amide bonds. The fraction of sp³-hybridized carbons (Fsp3) is 0.462. The van der Waals surface area contributed by atoms with Crippen molar-refractivity contribution in [3.8, 4) is 0 Å². The van der Waals surface area contributed by atoms with Gasteiger partial charge in [0.15, 0.2) is 5.76 Å². The number of carbonyl (C=O) groups excluding carboxylic acids is 1. The van der Waals surface area contributed by atoms with E-state index in [2.05, 4.69) is 15.5 Å². The maximum Gasteiger partial charge on any atom is 0.263 e. The van der Waals surface area contributed by atoms with Gasteiger partial charge in [-0.2, -0.15) is 0 Å². The van der Waals surface area contributed by atoms with Crippen LogP contribution < -0.4 is 5.32 Å². The molecule has 5 nitrogen and oxygen atoms in total. The Morgan fingerprint density at radius 3 is 3.05 bits per heavy atom. The van der Waals surface area contributed by atoms with Crippen LogP contribution in [0.5, 0.6) is 0 Å². The monoisotopic (exact) mass is 277 g/mol. The first-order chi connectivity index (χ1) is 9.34. The standard InChI is InChI=1S/C13H15N3O2S/c17-13(14-7-10-5-6-16-18-10)12-11(15-8-19-12)9-3-1-2-4-9/h5-6,8-9H,1-4,7H2,(H,14,17). The number of aromatic nitrogens is 2. The van der Waals surface area contributed by atoms with Crippen LogP contribution in [-0.4, -0.2) is 16.0 Å². The van der Waals surface area contributed by atoms with Crippen molar-refractivity contribution in [2.24, 2.45) is 0 Å². The second kappa shape index (κ2) is 5.52. The molecule has 19 heavy (non-hydrogen) atoms. The normalized spacial score (nSPS) is 15.8. The molecule has 0 bridgehead atoms. The van der Waals surface area contributed by atoms with Crippen LogP contribution in [0.4, 0.5) is 0 Å². The summed E-state index contributed by atoms with van der Waals surface area (Å²) in [7, 11) is 0. The third-order valence-corrected chi connectivity index (χ3v) is 4.30. The van der Waals surface area contributed by atoms with E-state index >= 15 is 0 Å². The number of carbonyl (C=O) groups is 1. The van der Waals surface area contributed by atoms with Crippen LogP contribution in [0.3, 0.4) is 0 Å². The van der Waals surface area contributed by atoms with Crippen molar-refractivity contribution in [1.29, 1.82) is 0 Å². The summed E-state index contributed by atoms with van der Waals surface area (Å²) in [5, 5.41) is 6.46. The summed E-state index contributed by atoms with van der Waals surface area (Å²) in [6.07, 6.45) is 6.33. The van der Waals surface area contributed by atoms with Gasteiger partial charge in [0.25, 0.3) is 5.91 Å². The highest BCUT2D eigenvalue weighted by Crippen LogP contribution is 2.36. The van der Waals surface area contributed by atoms with Gasteiger partial charge in [0.05, 0.1) is 23.9 Å². The van der Waals surface area contributed by atoms with Crippen molar-refractivity contribution in [2.45, 2.75) is 38.1 Å². The van der Waals surface area contributed by atoms with Crippen molar-refractivity contribution in [2.75, 3.05) is 0 Å². The zero-order valence-corrected chi connectivity index (χ0v) is 11.3. The fourth-order valence-electron chi connectivity index (χ4n) is 2.50. The summed E-state index contributed by atoms with van der Waals surface area (Å²) in [5.74, 6) is 1.04. The smallest absolute Gasteiger partial charge is 0.263 e. The Kier molecular flexibility index (Phi) is 3.59. The van der Waals surface area contributed by atoms with E-state index in [1.54, 1.807) is 17.8 Å². The third kappa shape index (κ3) is 2.68. The minimum atomic E-state index is -0.0687. The molecule has 0 atom stereocenters. The maximum absolute atomic E-state index is 12.2. The van der Waals surface area contributed by atoms with Gasteiger partial charge >= 0.3 is 0 Å². The van der Waals surface area contributed by atoms with E-state index < -0.39 is 0 Å². The Bertz CT molecular complexity index is 544. The molecule has 0 saturated heterocycles. The van der Waals surface area contributed by atoms with Crippen molar-refractivity contribution in [1.82, 2.24) is 15.5 Å². The number of hydrogen-bond donors (Lipinski definition) is 1. The molecule has 0 radical (unpaired) electrons. The Balaban J connectivity index is 1.67. The van der Waals surface area contributed by atoms with E-state index in [0.29, 0.717) is 18.2 Å². The van der Waals surface area contributed by atoms with E-state index in [-0.39, 0.29) is 5.91 Å². The molecule has 0 unspecified atom stereocenters. The van der Waals surface area contributed by atoms with Crippen LogP contribution in [0, 0.1) is 0 Å². The van der Waals surface area contributed by atoms with Crippen molar-refractivity contribution in [3.05, 3.63) is 34.1 Å². The molecule has 1 aliphatic carbocycles. The number of hydrogen-bond acceptors (Lipinski definition) is 5. The summed E-state index contributed by atoms with van der Waals surface area (Å²) < 4.78 is 4.95. The van der Waals surface area contributed by atoms with Crippen LogP contribution in [0.2, 0.25) is 0 Å². The topological polar surface area (TPSA) is 68.0 Å². The number of nitrogens with zero attached hydrogens (tertiary/aromatic N) is 2. The Morgan fingerprint density at radius 2 is 2.32 bits per heavy atom. The summed E-state index contributed by atoms with van der Waals surface area (Å²) in [6, 6.07) is 1.74. The Hall–Kier alpha value is -1.69. The number of amides is 1. The SMILES string of the molecule is O=C(NCc1ccno1)c1scnc1C1CCCC1. The van der Waals surface area contributed by atoms with Crippen molar-refractivity contribution in [3.63, 3.8) is 0 Å². The average molecular weight is 277 g/mol. The van der Waals surface area contributed by atoms with Gasteiger partial charge in [0.1, 0.15) is 4.88 Å².